The molecule has 27 heavy (non-hydrogen) atoms. The van der Waals surface area contributed by atoms with E-state index in [1.807, 2.05) is 30.3 Å². The number of amides is 3. The smallest absolute Gasteiger partial charge is 0.326 e. The van der Waals surface area contributed by atoms with E-state index in [2.05, 4.69) is 5.32 Å². The Morgan fingerprint density at radius 3 is 2.37 bits per heavy atom. The summed E-state index contributed by atoms with van der Waals surface area (Å²) in [4.78, 5) is 39.0. The molecule has 2 N–H and O–H groups in total. The number of anilines is 1. The lowest BCUT2D eigenvalue weighted by Crippen LogP contribution is -2.43. The average Bonchev–Trinajstić information content (AvgIpc) is 3.11. The highest BCUT2D eigenvalue weighted by Crippen LogP contribution is 2.19. The van der Waals surface area contributed by atoms with Crippen LogP contribution in [0.25, 0.3) is 0 Å². The largest absolute Gasteiger partial charge is 0.480 e. The lowest BCUT2D eigenvalue weighted by Gasteiger charge is -2.25. The van der Waals surface area contributed by atoms with Gasteiger partial charge in [0.1, 0.15) is 6.04 Å². The van der Waals surface area contributed by atoms with Gasteiger partial charge in [0.25, 0.3) is 5.91 Å². The minimum absolute atomic E-state index is 0.167. The van der Waals surface area contributed by atoms with Gasteiger partial charge in [-0.3, -0.25) is 9.69 Å². The molecule has 1 unspecified atom stereocenters. The minimum atomic E-state index is -1.06. The first-order valence-corrected chi connectivity index (χ1v) is 8.66. The van der Waals surface area contributed by atoms with Crippen molar-refractivity contribution < 1.29 is 19.5 Å². The summed E-state index contributed by atoms with van der Waals surface area (Å²) in [6.07, 6.45) is 0.227. The van der Waals surface area contributed by atoms with E-state index < -0.39 is 12.0 Å². The lowest BCUT2D eigenvalue weighted by atomic mass is 10.0. The highest BCUT2D eigenvalue weighted by molar-refractivity contribution is 5.98. The van der Waals surface area contributed by atoms with Gasteiger partial charge in [0.2, 0.25) is 0 Å². The molecule has 7 heteroatoms. The van der Waals surface area contributed by atoms with Crippen LogP contribution < -0.4 is 10.2 Å². The van der Waals surface area contributed by atoms with Crippen molar-refractivity contribution in [3.63, 3.8) is 0 Å². The van der Waals surface area contributed by atoms with Gasteiger partial charge in [0.05, 0.1) is 0 Å². The van der Waals surface area contributed by atoms with Crippen LogP contribution in [-0.4, -0.2) is 54.1 Å². The maximum Gasteiger partial charge on any atom is 0.326 e. The third-order valence-electron chi connectivity index (χ3n) is 4.63. The maximum absolute atomic E-state index is 12.7. The Labute approximate surface area is 157 Å². The quantitative estimate of drug-likeness (QED) is 0.817. The van der Waals surface area contributed by atoms with Crippen LogP contribution in [0.1, 0.15) is 15.9 Å². The van der Waals surface area contributed by atoms with Crippen LogP contribution >= 0.6 is 0 Å². The number of nitrogens with zero attached hydrogens (tertiary/aromatic N) is 2. The van der Waals surface area contributed by atoms with Gasteiger partial charge in [-0.1, -0.05) is 30.3 Å². The van der Waals surface area contributed by atoms with Crippen molar-refractivity contribution in [2.75, 3.05) is 25.0 Å². The molecule has 1 atom stereocenters. The first kappa shape index (κ1) is 18.4. The summed E-state index contributed by atoms with van der Waals surface area (Å²) >= 11 is 0. The Balaban J connectivity index is 1.74. The second-order valence-corrected chi connectivity index (χ2v) is 6.39. The third kappa shape index (κ3) is 4.08. The average molecular weight is 367 g/mol. The maximum atomic E-state index is 12.7. The Morgan fingerprint density at radius 1 is 1.15 bits per heavy atom. The van der Waals surface area contributed by atoms with Crippen molar-refractivity contribution in [2.24, 2.45) is 0 Å². The Kier molecular flexibility index (Phi) is 5.40. The highest BCUT2D eigenvalue weighted by atomic mass is 16.4. The zero-order valence-electron chi connectivity index (χ0n) is 15.0. The molecule has 0 bridgehead atoms. The number of rotatable bonds is 6. The van der Waals surface area contributed by atoms with Crippen molar-refractivity contribution in [1.82, 2.24) is 10.2 Å². The third-order valence-corrected chi connectivity index (χ3v) is 4.63. The Bertz CT molecular complexity index is 836. The van der Waals surface area contributed by atoms with Crippen molar-refractivity contribution in [3.8, 4) is 0 Å². The number of likely N-dealkylation sites (N-methyl/N-ethyl adjacent to an activating group) is 1. The summed E-state index contributed by atoms with van der Waals surface area (Å²) in [5, 5.41) is 12.3. The van der Waals surface area contributed by atoms with E-state index in [4.69, 9.17) is 0 Å². The number of carbonyl (C=O) groups is 3. The number of nitrogens with one attached hydrogen (secondary N) is 1. The first-order chi connectivity index (χ1) is 13.0. The van der Waals surface area contributed by atoms with E-state index in [-0.39, 0.29) is 18.4 Å². The molecular weight excluding hydrogens is 346 g/mol. The fourth-order valence-electron chi connectivity index (χ4n) is 3.07. The van der Waals surface area contributed by atoms with Gasteiger partial charge in [-0.05, 0) is 29.8 Å². The minimum Gasteiger partial charge on any atom is -0.480 e. The normalized spacial score (nSPS) is 14.6. The lowest BCUT2D eigenvalue weighted by molar-refractivity contribution is -0.141. The van der Waals surface area contributed by atoms with Crippen LogP contribution in [0.2, 0.25) is 0 Å². The number of benzene rings is 2. The van der Waals surface area contributed by atoms with Crippen molar-refractivity contribution >= 4 is 23.6 Å². The zero-order chi connectivity index (χ0) is 19.4. The molecule has 0 saturated carbocycles. The van der Waals surface area contributed by atoms with Gasteiger partial charge in [-0.2, -0.15) is 0 Å². The molecule has 0 radical (unpaired) electrons. The monoisotopic (exact) mass is 367 g/mol. The molecule has 0 spiro atoms. The van der Waals surface area contributed by atoms with Crippen LogP contribution in [0.5, 0.6) is 0 Å². The van der Waals surface area contributed by atoms with E-state index in [0.717, 1.165) is 5.56 Å². The number of hydrogen-bond donors (Lipinski definition) is 2. The van der Waals surface area contributed by atoms with Gasteiger partial charge < -0.3 is 15.3 Å². The molecule has 7 nitrogen and oxygen atoms in total. The van der Waals surface area contributed by atoms with Crippen LogP contribution in [-0.2, 0) is 11.2 Å². The number of urea groups is 1. The van der Waals surface area contributed by atoms with Gasteiger partial charge in [-0.15, -0.1) is 0 Å². The molecule has 140 valence electrons. The molecule has 2 aromatic rings. The fraction of sp³-hybridized carbons (Fsp3) is 0.250. The summed E-state index contributed by atoms with van der Waals surface area (Å²) in [6.45, 7) is 1.16. The molecule has 1 aliphatic heterocycles. The van der Waals surface area contributed by atoms with E-state index in [1.165, 1.54) is 11.9 Å². The molecule has 2 aromatic carbocycles. The molecule has 1 heterocycles. The fourth-order valence-corrected chi connectivity index (χ4v) is 3.07. The molecule has 3 amide bonds. The summed E-state index contributed by atoms with van der Waals surface area (Å²) in [5.41, 5.74) is 1.92. The van der Waals surface area contributed by atoms with Crippen molar-refractivity contribution in [1.29, 1.82) is 0 Å². The summed E-state index contributed by atoms with van der Waals surface area (Å²) in [7, 11) is 1.49. The van der Waals surface area contributed by atoms with Gasteiger partial charge in [-0.25, -0.2) is 9.59 Å². The van der Waals surface area contributed by atoms with E-state index in [9.17, 15) is 19.5 Å². The molecule has 0 aliphatic carbocycles. The Morgan fingerprint density at radius 2 is 1.81 bits per heavy atom. The number of hydrogen-bond acceptors (Lipinski definition) is 3. The summed E-state index contributed by atoms with van der Waals surface area (Å²) in [5.74, 6) is -1.43. The van der Waals surface area contributed by atoms with E-state index in [1.54, 1.807) is 29.2 Å². The Hall–Kier alpha value is -3.35. The van der Waals surface area contributed by atoms with Crippen molar-refractivity contribution in [2.45, 2.75) is 12.5 Å². The number of carboxylic acid groups (broad SMARTS) is 1. The van der Waals surface area contributed by atoms with E-state index in [0.29, 0.717) is 24.3 Å². The van der Waals surface area contributed by atoms with Gasteiger partial charge in [0, 0.05) is 37.8 Å². The first-order valence-electron chi connectivity index (χ1n) is 8.66. The highest BCUT2D eigenvalue weighted by Gasteiger charge is 2.28. The second-order valence-electron chi connectivity index (χ2n) is 6.39. The van der Waals surface area contributed by atoms with Crippen LogP contribution in [0.4, 0.5) is 10.5 Å². The van der Waals surface area contributed by atoms with Gasteiger partial charge >= 0.3 is 12.0 Å². The number of carbonyl (C=O) groups excluding carboxylic acids is 2. The molecule has 1 fully saturated rings. The standard InChI is InChI=1S/C20H21N3O4/c1-22(17(19(25)26)13-14-5-3-2-4-6-14)18(24)15-7-9-16(10-8-15)23-12-11-21-20(23)27/h2-10,17H,11-13H2,1H3,(H,21,27)(H,25,26). The topological polar surface area (TPSA) is 90.0 Å². The predicted octanol–water partition coefficient (Wildman–Crippen LogP) is 1.98. The van der Waals surface area contributed by atoms with Crippen LogP contribution in [0.3, 0.4) is 0 Å². The molecule has 1 aliphatic rings. The van der Waals surface area contributed by atoms with Crippen molar-refractivity contribution in [3.05, 3.63) is 65.7 Å². The molecule has 3 rings (SSSR count). The van der Waals surface area contributed by atoms with Crippen LogP contribution in [0.15, 0.2) is 54.6 Å². The van der Waals surface area contributed by atoms with E-state index >= 15 is 0 Å². The predicted molar refractivity (Wildman–Crippen MR) is 101 cm³/mol. The molecule has 1 saturated heterocycles. The number of aliphatic carboxylic acids is 1. The van der Waals surface area contributed by atoms with Gasteiger partial charge in [0.15, 0.2) is 0 Å². The summed E-state index contributed by atoms with van der Waals surface area (Å²) in [6, 6.07) is 14.7. The zero-order valence-corrected chi connectivity index (χ0v) is 15.0. The van der Waals surface area contributed by atoms with Crippen LogP contribution in [0, 0.1) is 0 Å². The molecular formula is C20H21N3O4. The summed E-state index contributed by atoms with van der Waals surface area (Å²) < 4.78 is 0. The number of carboxylic acids is 1. The second kappa shape index (κ2) is 7.90. The molecule has 0 aromatic heterocycles. The SMILES string of the molecule is CN(C(=O)c1ccc(N2CCNC2=O)cc1)C(Cc1ccccc1)C(=O)O.